The summed E-state index contributed by atoms with van der Waals surface area (Å²) in [6.07, 6.45) is 3.32. The summed E-state index contributed by atoms with van der Waals surface area (Å²) in [5.74, 6) is -0.0435. The number of carbonyl (C=O) groups is 1. The van der Waals surface area contributed by atoms with Gasteiger partial charge in [-0.1, -0.05) is 6.92 Å². The normalized spacial score (nSPS) is 30.9. The second-order valence-corrected chi connectivity index (χ2v) is 5.32. The van der Waals surface area contributed by atoms with Gasteiger partial charge in [-0.2, -0.15) is 0 Å². The first-order valence-corrected chi connectivity index (χ1v) is 6.82. The summed E-state index contributed by atoms with van der Waals surface area (Å²) in [7, 11) is 0. The molecule has 0 bridgehead atoms. The number of esters is 1. The van der Waals surface area contributed by atoms with Crippen molar-refractivity contribution in [2.24, 2.45) is 5.41 Å². The number of ether oxygens (including phenoxy) is 1. The zero-order valence-electron chi connectivity index (χ0n) is 11.0. The molecule has 1 spiro atoms. The number of likely N-dealkylation sites (tertiary alicyclic amines) is 1. The minimum atomic E-state index is -0.0435. The highest BCUT2D eigenvalue weighted by Crippen LogP contribution is 2.37. The Morgan fingerprint density at radius 1 is 1.47 bits per heavy atom. The predicted molar refractivity (Wildman–Crippen MR) is 66.8 cm³/mol. The molecule has 98 valence electrons. The van der Waals surface area contributed by atoms with Crippen LogP contribution in [0.15, 0.2) is 0 Å². The van der Waals surface area contributed by atoms with Crippen molar-refractivity contribution in [3.05, 3.63) is 0 Å². The summed E-state index contributed by atoms with van der Waals surface area (Å²) in [5, 5.41) is 3.44. The zero-order valence-corrected chi connectivity index (χ0v) is 11.0. The highest BCUT2D eigenvalue weighted by atomic mass is 16.5. The second-order valence-electron chi connectivity index (χ2n) is 5.32. The first-order valence-electron chi connectivity index (χ1n) is 6.82. The van der Waals surface area contributed by atoms with Crippen molar-refractivity contribution in [3.63, 3.8) is 0 Å². The zero-order chi connectivity index (χ0) is 12.3. The van der Waals surface area contributed by atoms with E-state index in [1.54, 1.807) is 0 Å². The lowest BCUT2D eigenvalue weighted by molar-refractivity contribution is -0.149. The molecular weight excluding hydrogens is 216 g/mol. The quantitative estimate of drug-likeness (QED) is 0.745. The van der Waals surface area contributed by atoms with Crippen LogP contribution in [0.3, 0.4) is 0 Å². The van der Waals surface area contributed by atoms with E-state index in [1.165, 1.54) is 12.8 Å². The van der Waals surface area contributed by atoms with Gasteiger partial charge in [-0.05, 0) is 44.7 Å². The third-order valence-corrected chi connectivity index (χ3v) is 4.19. The van der Waals surface area contributed by atoms with E-state index >= 15 is 0 Å². The number of carbonyl (C=O) groups excluding carboxylic acids is 1. The Hall–Kier alpha value is -0.610. The summed E-state index contributed by atoms with van der Waals surface area (Å²) < 4.78 is 5.16. The lowest BCUT2D eigenvalue weighted by Crippen LogP contribution is -2.42. The maximum atomic E-state index is 11.9. The van der Waals surface area contributed by atoms with Gasteiger partial charge in [0.25, 0.3) is 0 Å². The van der Waals surface area contributed by atoms with Crippen LogP contribution in [0.4, 0.5) is 0 Å². The molecule has 2 aliphatic heterocycles. The molecular formula is C13H24N2O2. The SMILES string of the molecule is CCOC(=O)C(CC)N1CCC2(CCNC2)C1. The first kappa shape index (κ1) is 12.8. The summed E-state index contributed by atoms with van der Waals surface area (Å²) in [6.45, 7) is 8.76. The molecule has 2 atom stereocenters. The summed E-state index contributed by atoms with van der Waals surface area (Å²) in [5.41, 5.74) is 0.430. The van der Waals surface area contributed by atoms with E-state index in [2.05, 4.69) is 17.1 Å². The summed E-state index contributed by atoms with van der Waals surface area (Å²) >= 11 is 0. The Morgan fingerprint density at radius 2 is 2.29 bits per heavy atom. The third kappa shape index (κ3) is 2.63. The van der Waals surface area contributed by atoms with Gasteiger partial charge < -0.3 is 10.1 Å². The molecule has 2 heterocycles. The first-order chi connectivity index (χ1) is 8.21. The van der Waals surface area contributed by atoms with Crippen molar-refractivity contribution in [3.8, 4) is 0 Å². The van der Waals surface area contributed by atoms with E-state index in [1.807, 2.05) is 6.92 Å². The van der Waals surface area contributed by atoms with Crippen LogP contribution in [0.2, 0.25) is 0 Å². The van der Waals surface area contributed by atoms with Gasteiger partial charge >= 0.3 is 5.97 Å². The maximum Gasteiger partial charge on any atom is 0.323 e. The Morgan fingerprint density at radius 3 is 2.88 bits per heavy atom. The fraction of sp³-hybridized carbons (Fsp3) is 0.923. The standard InChI is InChI=1S/C13H24N2O2/c1-3-11(12(16)17-4-2)15-8-6-13(10-15)5-7-14-9-13/h11,14H,3-10H2,1-2H3. The average molecular weight is 240 g/mol. The molecule has 2 unspecified atom stereocenters. The molecule has 2 saturated heterocycles. The molecule has 0 aromatic carbocycles. The maximum absolute atomic E-state index is 11.9. The Bertz CT molecular complexity index is 275. The number of rotatable bonds is 4. The largest absolute Gasteiger partial charge is 0.465 e. The van der Waals surface area contributed by atoms with Crippen molar-refractivity contribution < 1.29 is 9.53 Å². The highest BCUT2D eigenvalue weighted by molar-refractivity contribution is 5.75. The van der Waals surface area contributed by atoms with Gasteiger partial charge in [0.1, 0.15) is 6.04 Å². The van der Waals surface area contributed by atoms with Crippen molar-refractivity contribution in [2.75, 3.05) is 32.8 Å². The van der Waals surface area contributed by atoms with Crippen LogP contribution >= 0.6 is 0 Å². The van der Waals surface area contributed by atoms with Crippen LogP contribution < -0.4 is 5.32 Å². The van der Waals surface area contributed by atoms with Crippen LogP contribution in [0, 0.1) is 5.41 Å². The van der Waals surface area contributed by atoms with Crippen LogP contribution in [0.25, 0.3) is 0 Å². The molecule has 2 aliphatic rings. The van der Waals surface area contributed by atoms with Crippen molar-refractivity contribution in [1.29, 1.82) is 0 Å². The molecule has 17 heavy (non-hydrogen) atoms. The topological polar surface area (TPSA) is 41.6 Å². The molecule has 0 saturated carbocycles. The Labute approximate surface area is 104 Å². The lowest BCUT2D eigenvalue weighted by Gasteiger charge is -2.27. The van der Waals surface area contributed by atoms with Gasteiger partial charge in [-0.15, -0.1) is 0 Å². The van der Waals surface area contributed by atoms with Crippen LogP contribution in [-0.4, -0.2) is 49.7 Å². The van der Waals surface area contributed by atoms with E-state index in [-0.39, 0.29) is 12.0 Å². The molecule has 4 heteroatoms. The fourth-order valence-corrected chi connectivity index (χ4v) is 3.19. The molecule has 1 N–H and O–H groups in total. The van der Waals surface area contributed by atoms with E-state index < -0.39 is 0 Å². The van der Waals surface area contributed by atoms with E-state index in [4.69, 9.17) is 4.74 Å². The third-order valence-electron chi connectivity index (χ3n) is 4.19. The fourth-order valence-electron chi connectivity index (χ4n) is 3.19. The van der Waals surface area contributed by atoms with E-state index in [9.17, 15) is 4.79 Å². The molecule has 0 amide bonds. The Kier molecular flexibility index (Phi) is 4.05. The van der Waals surface area contributed by atoms with Crippen molar-refractivity contribution in [1.82, 2.24) is 10.2 Å². The monoisotopic (exact) mass is 240 g/mol. The predicted octanol–water partition coefficient (Wildman–Crippen LogP) is 1.01. The van der Waals surface area contributed by atoms with E-state index in [0.29, 0.717) is 12.0 Å². The van der Waals surface area contributed by atoms with Gasteiger partial charge in [0.05, 0.1) is 6.61 Å². The average Bonchev–Trinajstić information content (AvgIpc) is 2.92. The highest BCUT2D eigenvalue weighted by Gasteiger charge is 2.43. The van der Waals surface area contributed by atoms with Crippen molar-refractivity contribution >= 4 is 5.97 Å². The molecule has 0 aromatic rings. The van der Waals surface area contributed by atoms with Gasteiger partial charge in [0, 0.05) is 13.1 Å². The summed E-state index contributed by atoms with van der Waals surface area (Å²) in [4.78, 5) is 14.2. The molecule has 0 radical (unpaired) electrons. The smallest absolute Gasteiger partial charge is 0.323 e. The minimum Gasteiger partial charge on any atom is -0.465 e. The molecule has 0 aromatic heterocycles. The number of nitrogens with zero attached hydrogens (tertiary/aromatic N) is 1. The van der Waals surface area contributed by atoms with Crippen LogP contribution in [-0.2, 0) is 9.53 Å². The minimum absolute atomic E-state index is 0.0325. The van der Waals surface area contributed by atoms with E-state index in [0.717, 1.165) is 32.6 Å². The van der Waals surface area contributed by atoms with Gasteiger partial charge in [0.2, 0.25) is 0 Å². The summed E-state index contributed by atoms with van der Waals surface area (Å²) in [6, 6.07) is -0.0325. The van der Waals surface area contributed by atoms with Crippen LogP contribution in [0.5, 0.6) is 0 Å². The number of hydrogen-bond acceptors (Lipinski definition) is 4. The molecule has 2 rings (SSSR count). The van der Waals surface area contributed by atoms with Gasteiger partial charge in [-0.25, -0.2) is 0 Å². The van der Waals surface area contributed by atoms with Gasteiger partial charge in [-0.3, -0.25) is 9.69 Å². The lowest BCUT2D eigenvalue weighted by atomic mass is 9.86. The van der Waals surface area contributed by atoms with Gasteiger partial charge in [0.15, 0.2) is 0 Å². The molecule has 2 fully saturated rings. The van der Waals surface area contributed by atoms with Crippen LogP contribution in [0.1, 0.15) is 33.1 Å². The number of nitrogens with one attached hydrogen (secondary N) is 1. The Balaban J connectivity index is 1.95. The number of hydrogen-bond donors (Lipinski definition) is 1. The second kappa shape index (κ2) is 5.36. The van der Waals surface area contributed by atoms with Crippen molar-refractivity contribution in [2.45, 2.75) is 39.2 Å². The molecule has 4 nitrogen and oxygen atoms in total. The molecule has 0 aliphatic carbocycles.